The first-order chi connectivity index (χ1) is 12.7. The van der Waals surface area contributed by atoms with Crippen LogP contribution in [0.5, 0.6) is 11.5 Å². The Hall–Kier alpha value is -3.27. The molecule has 0 bridgehead atoms. The van der Waals surface area contributed by atoms with E-state index in [1.165, 1.54) is 0 Å². The van der Waals surface area contributed by atoms with Gasteiger partial charge < -0.3 is 14.6 Å². The number of carboxylic acids is 1. The molecule has 0 aliphatic carbocycles. The van der Waals surface area contributed by atoms with Crippen LogP contribution in [0.3, 0.4) is 0 Å². The van der Waals surface area contributed by atoms with E-state index in [9.17, 15) is 4.79 Å². The number of benzene rings is 3. The Bertz CT molecular complexity index is 888. The van der Waals surface area contributed by atoms with Crippen molar-refractivity contribution < 1.29 is 19.4 Å². The SMILES string of the molecule is COc1ccc(-c2cccc(CC(=O)O)c2)cc1OCc1ccccc1. The van der Waals surface area contributed by atoms with Crippen LogP contribution in [0.25, 0.3) is 11.1 Å². The first-order valence-electron chi connectivity index (χ1n) is 8.31. The molecule has 4 heteroatoms. The smallest absolute Gasteiger partial charge is 0.307 e. The number of methoxy groups -OCH3 is 1. The largest absolute Gasteiger partial charge is 0.493 e. The predicted molar refractivity (Wildman–Crippen MR) is 101 cm³/mol. The minimum atomic E-state index is -0.844. The van der Waals surface area contributed by atoms with Crippen molar-refractivity contribution in [2.45, 2.75) is 13.0 Å². The number of rotatable bonds is 7. The Balaban J connectivity index is 1.86. The summed E-state index contributed by atoms with van der Waals surface area (Å²) >= 11 is 0. The molecule has 0 saturated heterocycles. The van der Waals surface area contributed by atoms with Crippen molar-refractivity contribution in [3.05, 3.63) is 83.9 Å². The summed E-state index contributed by atoms with van der Waals surface area (Å²) in [6, 6.07) is 23.2. The van der Waals surface area contributed by atoms with E-state index >= 15 is 0 Å². The Morgan fingerprint density at radius 2 is 1.58 bits per heavy atom. The van der Waals surface area contributed by atoms with E-state index in [0.717, 1.165) is 22.3 Å². The molecular formula is C22H20O4. The molecule has 0 unspecified atom stereocenters. The van der Waals surface area contributed by atoms with Gasteiger partial charge in [0.2, 0.25) is 0 Å². The molecule has 0 saturated carbocycles. The average molecular weight is 348 g/mol. The van der Waals surface area contributed by atoms with E-state index < -0.39 is 5.97 Å². The molecule has 3 aromatic carbocycles. The topological polar surface area (TPSA) is 55.8 Å². The third-order valence-corrected chi connectivity index (χ3v) is 4.02. The first kappa shape index (κ1) is 17.5. The van der Waals surface area contributed by atoms with Crippen molar-refractivity contribution in [2.75, 3.05) is 7.11 Å². The molecule has 0 aromatic heterocycles. The summed E-state index contributed by atoms with van der Waals surface area (Å²) < 4.78 is 11.4. The van der Waals surface area contributed by atoms with Crippen molar-refractivity contribution in [1.82, 2.24) is 0 Å². The number of hydrogen-bond donors (Lipinski definition) is 1. The molecular weight excluding hydrogens is 328 g/mol. The highest BCUT2D eigenvalue weighted by Crippen LogP contribution is 2.33. The molecule has 26 heavy (non-hydrogen) atoms. The summed E-state index contributed by atoms with van der Waals surface area (Å²) in [6.07, 6.45) is 0.00135. The lowest BCUT2D eigenvalue weighted by molar-refractivity contribution is -0.136. The van der Waals surface area contributed by atoms with Crippen LogP contribution in [0.2, 0.25) is 0 Å². The van der Waals surface area contributed by atoms with Crippen LogP contribution in [0.15, 0.2) is 72.8 Å². The van der Waals surface area contributed by atoms with Crippen molar-refractivity contribution in [2.24, 2.45) is 0 Å². The Kier molecular flexibility index (Phi) is 5.54. The zero-order valence-electron chi connectivity index (χ0n) is 14.5. The van der Waals surface area contributed by atoms with Gasteiger partial charge >= 0.3 is 5.97 Å². The third kappa shape index (κ3) is 4.42. The van der Waals surface area contributed by atoms with Crippen LogP contribution in [0, 0.1) is 0 Å². The molecule has 132 valence electrons. The molecule has 0 fully saturated rings. The lowest BCUT2D eigenvalue weighted by atomic mass is 10.0. The van der Waals surface area contributed by atoms with E-state index in [-0.39, 0.29) is 6.42 Å². The van der Waals surface area contributed by atoms with Gasteiger partial charge in [0, 0.05) is 0 Å². The van der Waals surface area contributed by atoms with Gasteiger partial charge in [0.1, 0.15) is 6.61 Å². The van der Waals surface area contributed by atoms with Crippen molar-refractivity contribution in [3.8, 4) is 22.6 Å². The molecule has 3 aromatic rings. The minimum absolute atomic E-state index is 0.00135. The van der Waals surface area contributed by atoms with Crippen molar-refractivity contribution in [1.29, 1.82) is 0 Å². The van der Waals surface area contributed by atoms with Gasteiger partial charge in [0.25, 0.3) is 0 Å². The van der Waals surface area contributed by atoms with Crippen LogP contribution in [-0.2, 0) is 17.8 Å². The fraction of sp³-hybridized carbons (Fsp3) is 0.136. The Labute approximate surface area is 152 Å². The highest BCUT2D eigenvalue weighted by Gasteiger charge is 2.09. The number of ether oxygens (including phenoxy) is 2. The summed E-state index contributed by atoms with van der Waals surface area (Å²) in [5.74, 6) is 0.465. The van der Waals surface area contributed by atoms with Gasteiger partial charge in [-0.05, 0) is 34.4 Å². The number of aliphatic carboxylic acids is 1. The maximum atomic E-state index is 10.9. The van der Waals surface area contributed by atoms with Gasteiger partial charge in [-0.2, -0.15) is 0 Å². The van der Waals surface area contributed by atoms with Crippen LogP contribution >= 0.6 is 0 Å². The second-order valence-corrected chi connectivity index (χ2v) is 5.91. The molecule has 3 rings (SSSR count). The molecule has 0 aliphatic heterocycles. The average Bonchev–Trinajstić information content (AvgIpc) is 2.66. The standard InChI is InChI=1S/C22H20O4/c1-25-20-11-10-19(18-9-5-8-17(12-18)13-22(23)24)14-21(20)26-15-16-6-3-2-4-7-16/h2-12,14H,13,15H2,1H3,(H,23,24). The summed E-state index contributed by atoms with van der Waals surface area (Å²) in [6.45, 7) is 0.444. The van der Waals surface area contributed by atoms with Gasteiger partial charge in [0.15, 0.2) is 11.5 Å². The summed E-state index contributed by atoms with van der Waals surface area (Å²) in [5.41, 5.74) is 3.72. The quantitative estimate of drug-likeness (QED) is 0.680. The van der Waals surface area contributed by atoms with Crippen molar-refractivity contribution in [3.63, 3.8) is 0 Å². The predicted octanol–water partition coefficient (Wildman–Crippen LogP) is 4.57. The lowest BCUT2D eigenvalue weighted by Crippen LogP contribution is -2.00. The van der Waals surface area contributed by atoms with Crippen LogP contribution in [-0.4, -0.2) is 18.2 Å². The Morgan fingerprint density at radius 3 is 2.31 bits per heavy atom. The molecule has 0 amide bonds. The van der Waals surface area contributed by atoms with Gasteiger partial charge in [-0.25, -0.2) is 0 Å². The van der Waals surface area contributed by atoms with Gasteiger partial charge in [0.05, 0.1) is 13.5 Å². The normalized spacial score (nSPS) is 10.3. The van der Waals surface area contributed by atoms with Crippen LogP contribution in [0.1, 0.15) is 11.1 Å². The third-order valence-electron chi connectivity index (χ3n) is 4.02. The summed E-state index contributed by atoms with van der Waals surface area (Å²) in [5, 5.41) is 8.98. The van der Waals surface area contributed by atoms with E-state index in [0.29, 0.717) is 18.1 Å². The van der Waals surface area contributed by atoms with Crippen LogP contribution in [0.4, 0.5) is 0 Å². The minimum Gasteiger partial charge on any atom is -0.493 e. The monoisotopic (exact) mass is 348 g/mol. The maximum absolute atomic E-state index is 10.9. The second-order valence-electron chi connectivity index (χ2n) is 5.91. The Morgan fingerprint density at radius 1 is 0.846 bits per heavy atom. The summed E-state index contributed by atoms with van der Waals surface area (Å²) in [4.78, 5) is 10.9. The van der Waals surface area contributed by atoms with Gasteiger partial charge in [-0.3, -0.25) is 4.79 Å². The summed E-state index contributed by atoms with van der Waals surface area (Å²) in [7, 11) is 1.61. The molecule has 4 nitrogen and oxygen atoms in total. The second kappa shape index (κ2) is 8.21. The molecule has 1 N–H and O–H groups in total. The fourth-order valence-electron chi connectivity index (χ4n) is 2.74. The first-order valence-corrected chi connectivity index (χ1v) is 8.31. The van der Waals surface area contributed by atoms with E-state index in [1.807, 2.05) is 72.8 Å². The molecule has 0 aliphatic rings. The van der Waals surface area contributed by atoms with E-state index in [1.54, 1.807) is 7.11 Å². The van der Waals surface area contributed by atoms with Crippen LogP contribution < -0.4 is 9.47 Å². The molecule has 0 spiro atoms. The van der Waals surface area contributed by atoms with Gasteiger partial charge in [-0.15, -0.1) is 0 Å². The highest BCUT2D eigenvalue weighted by molar-refractivity contribution is 5.73. The zero-order valence-corrected chi connectivity index (χ0v) is 14.5. The fourth-order valence-corrected chi connectivity index (χ4v) is 2.74. The lowest BCUT2D eigenvalue weighted by Gasteiger charge is -2.13. The number of carboxylic acid groups (broad SMARTS) is 1. The van der Waals surface area contributed by atoms with E-state index in [4.69, 9.17) is 14.6 Å². The van der Waals surface area contributed by atoms with E-state index in [2.05, 4.69) is 0 Å². The zero-order chi connectivity index (χ0) is 18.4. The van der Waals surface area contributed by atoms with Gasteiger partial charge in [-0.1, -0.05) is 60.7 Å². The molecule has 0 atom stereocenters. The maximum Gasteiger partial charge on any atom is 0.307 e. The molecule has 0 radical (unpaired) electrons. The highest BCUT2D eigenvalue weighted by atomic mass is 16.5. The van der Waals surface area contributed by atoms with Crippen molar-refractivity contribution >= 4 is 5.97 Å². The number of hydrogen-bond acceptors (Lipinski definition) is 3. The number of carbonyl (C=O) groups is 1. The molecule has 0 heterocycles.